The van der Waals surface area contributed by atoms with Gasteiger partial charge < -0.3 is 5.73 Å². The molecule has 0 radical (unpaired) electrons. The van der Waals surface area contributed by atoms with Crippen molar-refractivity contribution in [1.82, 2.24) is 9.97 Å². The van der Waals surface area contributed by atoms with Crippen LogP contribution in [0, 0.1) is 0 Å². The molecule has 160 valence electrons. The number of halogens is 3. The van der Waals surface area contributed by atoms with E-state index in [1.807, 2.05) is 24.3 Å². The first kappa shape index (κ1) is 20.0. The van der Waals surface area contributed by atoms with Crippen molar-refractivity contribution in [2.24, 2.45) is 0 Å². The number of hydrogen-bond acceptors (Lipinski definition) is 4. The second-order valence-corrected chi connectivity index (χ2v) is 7.61. The Kier molecular flexibility index (Phi) is 4.58. The average Bonchev–Trinajstić information content (AvgIpc) is 2.78. The predicted molar refractivity (Wildman–Crippen MR) is 116 cm³/mol. The lowest BCUT2D eigenvalue weighted by Gasteiger charge is -2.31. The molecule has 0 unspecified atom stereocenters. The number of aromatic nitrogens is 2. The monoisotopic (exact) mass is 434 g/mol. The van der Waals surface area contributed by atoms with Crippen molar-refractivity contribution in [3.63, 3.8) is 0 Å². The number of nitrogen functional groups attached to an aromatic ring is 1. The largest absolute Gasteiger partial charge is 0.416 e. The topological polar surface area (TPSA) is 72.1 Å². The second-order valence-electron chi connectivity index (χ2n) is 7.61. The lowest BCUT2D eigenvalue weighted by atomic mass is 9.96. The van der Waals surface area contributed by atoms with Gasteiger partial charge in [-0.3, -0.25) is 14.7 Å². The minimum atomic E-state index is -4.51. The first-order chi connectivity index (χ1) is 15.3. The normalized spacial score (nSPS) is 14.0. The average molecular weight is 434 g/mol. The summed E-state index contributed by atoms with van der Waals surface area (Å²) in [6.07, 6.45) is -0.504. The van der Waals surface area contributed by atoms with Crippen LogP contribution in [0.2, 0.25) is 0 Å². The van der Waals surface area contributed by atoms with Gasteiger partial charge in [0, 0.05) is 35.5 Å². The zero-order valence-corrected chi connectivity index (χ0v) is 16.7. The molecule has 0 saturated heterocycles. The van der Waals surface area contributed by atoms with Gasteiger partial charge in [0.1, 0.15) is 5.82 Å². The quantitative estimate of drug-likeness (QED) is 0.452. The number of aryl methyl sites for hydroxylation is 1. The van der Waals surface area contributed by atoms with Crippen LogP contribution in [0.15, 0.2) is 67.0 Å². The van der Waals surface area contributed by atoms with Crippen molar-refractivity contribution in [2.45, 2.75) is 19.0 Å². The molecule has 0 fully saturated rings. The van der Waals surface area contributed by atoms with Crippen molar-refractivity contribution in [3.8, 4) is 11.1 Å². The Bertz CT molecular complexity index is 1350. The van der Waals surface area contributed by atoms with E-state index in [2.05, 4.69) is 9.97 Å². The third kappa shape index (κ3) is 3.43. The summed E-state index contributed by atoms with van der Waals surface area (Å²) in [5.74, 6) is 0.138. The highest BCUT2D eigenvalue weighted by atomic mass is 19.4. The van der Waals surface area contributed by atoms with Crippen molar-refractivity contribution in [1.29, 1.82) is 0 Å². The summed E-state index contributed by atoms with van der Waals surface area (Å²) in [4.78, 5) is 23.0. The molecular formula is C24H17F3N4O. The van der Waals surface area contributed by atoms with Crippen LogP contribution < -0.4 is 10.6 Å². The van der Waals surface area contributed by atoms with E-state index in [9.17, 15) is 18.0 Å². The molecule has 5 rings (SSSR count). The Morgan fingerprint density at radius 1 is 0.906 bits per heavy atom. The molecule has 32 heavy (non-hydrogen) atoms. The Balaban J connectivity index is 1.72. The van der Waals surface area contributed by atoms with Crippen molar-refractivity contribution in [2.75, 3.05) is 10.6 Å². The molecule has 0 aliphatic carbocycles. The molecule has 0 spiro atoms. The number of fused-ring (bicyclic) bond motifs is 3. The maximum atomic E-state index is 13.3. The van der Waals surface area contributed by atoms with Gasteiger partial charge in [-0.25, -0.2) is 4.98 Å². The number of hydrogen-bond donors (Lipinski definition) is 1. The number of amides is 1. The Morgan fingerprint density at radius 3 is 2.47 bits per heavy atom. The SMILES string of the molecule is Nc1ccc(-c2ccc3ncc4c(c3c2)N(c2cccc(C(F)(F)F)c2)C(=O)CC4)cn1. The number of alkyl halides is 3. The van der Waals surface area contributed by atoms with Gasteiger partial charge in [-0.05, 0) is 60.0 Å². The van der Waals surface area contributed by atoms with Crippen molar-refractivity contribution in [3.05, 3.63) is 78.1 Å². The molecule has 1 aliphatic rings. The fraction of sp³-hybridized carbons (Fsp3) is 0.125. The van der Waals surface area contributed by atoms with E-state index in [-0.39, 0.29) is 18.0 Å². The third-order valence-electron chi connectivity index (χ3n) is 5.55. The molecule has 1 aliphatic heterocycles. The first-order valence-electron chi connectivity index (χ1n) is 9.95. The molecule has 0 atom stereocenters. The molecule has 5 nitrogen and oxygen atoms in total. The molecule has 2 aromatic carbocycles. The number of nitrogens with two attached hydrogens (primary N) is 1. The minimum Gasteiger partial charge on any atom is -0.384 e. The summed E-state index contributed by atoms with van der Waals surface area (Å²) in [5.41, 5.74) is 8.73. The summed E-state index contributed by atoms with van der Waals surface area (Å²) >= 11 is 0. The van der Waals surface area contributed by atoms with Gasteiger partial charge in [0.15, 0.2) is 0 Å². The molecule has 0 bridgehead atoms. The Hall–Kier alpha value is -3.94. The van der Waals surface area contributed by atoms with Gasteiger partial charge in [0.05, 0.1) is 16.8 Å². The van der Waals surface area contributed by atoms with Crippen LogP contribution in [-0.2, 0) is 17.4 Å². The predicted octanol–water partition coefficient (Wildman–Crippen LogP) is 5.51. The first-order valence-corrected chi connectivity index (χ1v) is 9.95. The highest BCUT2D eigenvalue weighted by Gasteiger charge is 2.33. The number of carbonyl (C=O) groups is 1. The summed E-state index contributed by atoms with van der Waals surface area (Å²) in [6, 6.07) is 13.9. The third-order valence-corrected chi connectivity index (χ3v) is 5.55. The van der Waals surface area contributed by atoms with Gasteiger partial charge in [0.2, 0.25) is 5.91 Å². The lowest BCUT2D eigenvalue weighted by Crippen LogP contribution is -2.31. The molecule has 2 N–H and O–H groups in total. The summed E-state index contributed by atoms with van der Waals surface area (Å²) in [7, 11) is 0. The summed E-state index contributed by atoms with van der Waals surface area (Å²) < 4.78 is 40.0. The standard InChI is InChI=1S/C24H17F3N4O/c25-24(26,27)17-2-1-3-18(11-17)31-22(32)9-6-16-13-29-20-7-4-14(10-19(20)23(16)31)15-5-8-21(28)30-12-15/h1-5,7-8,10-13H,6,9H2,(H2,28,30). The van der Waals surface area contributed by atoms with E-state index in [1.165, 1.54) is 17.0 Å². The highest BCUT2D eigenvalue weighted by Crippen LogP contribution is 2.41. The van der Waals surface area contributed by atoms with E-state index >= 15 is 0 Å². The zero-order chi connectivity index (χ0) is 22.5. The van der Waals surface area contributed by atoms with E-state index < -0.39 is 11.7 Å². The van der Waals surface area contributed by atoms with Gasteiger partial charge in [0.25, 0.3) is 0 Å². The number of rotatable bonds is 2. The van der Waals surface area contributed by atoms with Crippen LogP contribution >= 0.6 is 0 Å². The fourth-order valence-electron chi connectivity index (χ4n) is 4.00. The van der Waals surface area contributed by atoms with Crippen LogP contribution in [0.4, 0.5) is 30.4 Å². The van der Waals surface area contributed by atoms with E-state index in [0.29, 0.717) is 28.8 Å². The lowest BCUT2D eigenvalue weighted by molar-refractivity contribution is -0.137. The smallest absolute Gasteiger partial charge is 0.384 e. The molecule has 2 aromatic heterocycles. The second kappa shape index (κ2) is 7.33. The molecule has 1 amide bonds. The van der Waals surface area contributed by atoms with Crippen LogP contribution in [-0.4, -0.2) is 15.9 Å². The summed E-state index contributed by atoms with van der Waals surface area (Å²) in [5, 5.41) is 0.683. The molecule has 3 heterocycles. The van der Waals surface area contributed by atoms with Gasteiger partial charge in [-0.1, -0.05) is 12.1 Å². The van der Waals surface area contributed by atoms with Crippen LogP contribution in [0.1, 0.15) is 17.5 Å². The molecule has 8 heteroatoms. The summed E-state index contributed by atoms with van der Waals surface area (Å²) in [6.45, 7) is 0. The maximum Gasteiger partial charge on any atom is 0.416 e. The molecule has 4 aromatic rings. The number of pyridine rings is 2. The number of nitrogens with zero attached hydrogens (tertiary/aromatic N) is 3. The highest BCUT2D eigenvalue weighted by molar-refractivity contribution is 6.11. The minimum absolute atomic E-state index is 0.179. The van der Waals surface area contributed by atoms with Crippen molar-refractivity contribution >= 4 is 34.0 Å². The van der Waals surface area contributed by atoms with Gasteiger partial charge in [-0.2, -0.15) is 13.2 Å². The fourth-order valence-corrected chi connectivity index (χ4v) is 4.00. The zero-order valence-electron chi connectivity index (χ0n) is 16.7. The molecule has 0 saturated carbocycles. The molecular weight excluding hydrogens is 417 g/mol. The number of carbonyl (C=O) groups excluding carboxylic acids is 1. The Morgan fingerprint density at radius 2 is 1.72 bits per heavy atom. The van der Waals surface area contributed by atoms with Crippen LogP contribution in [0.3, 0.4) is 0 Å². The van der Waals surface area contributed by atoms with Gasteiger partial charge >= 0.3 is 6.18 Å². The Labute approximate surface area is 181 Å². The maximum absolute atomic E-state index is 13.3. The van der Waals surface area contributed by atoms with Crippen LogP contribution in [0.5, 0.6) is 0 Å². The van der Waals surface area contributed by atoms with Crippen LogP contribution in [0.25, 0.3) is 22.0 Å². The van der Waals surface area contributed by atoms with E-state index in [4.69, 9.17) is 5.73 Å². The van der Waals surface area contributed by atoms with E-state index in [0.717, 1.165) is 28.8 Å². The number of anilines is 3. The number of benzene rings is 2. The van der Waals surface area contributed by atoms with Gasteiger partial charge in [-0.15, -0.1) is 0 Å². The van der Waals surface area contributed by atoms with E-state index in [1.54, 1.807) is 18.5 Å². The van der Waals surface area contributed by atoms with Crippen molar-refractivity contribution < 1.29 is 18.0 Å².